The van der Waals surface area contributed by atoms with E-state index in [0.717, 1.165) is 18.6 Å². The molecule has 2 aromatic rings. The fourth-order valence-corrected chi connectivity index (χ4v) is 4.67. The number of rotatable bonds is 7. The molecule has 5 nitrogen and oxygen atoms in total. The number of aliphatic carboxylic acids is 1. The Labute approximate surface area is 198 Å². The van der Waals surface area contributed by atoms with Gasteiger partial charge in [-0.3, -0.25) is 9.59 Å². The number of hydrogen-bond acceptors (Lipinski definition) is 4. The summed E-state index contributed by atoms with van der Waals surface area (Å²) < 4.78 is 32.2. The molecule has 0 amide bonds. The summed E-state index contributed by atoms with van der Waals surface area (Å²) in [5, 5.41) is 17.3. The summed E-state index contributed by atoms with van der Waals surface area (Å²) in [6.07, 6.45) is 12.0. The zero-order chi connectivity index (χ0) is 24.6. The van der Waals surface area contributed by atoms with Crippen LogP contribution in [0.25, 0.3) is 0 Å². The number of carboxylic acid groups (broad SMARTS) is 1. The Morgan fingerprint density at radius 1 is 1.03 bits per heavy atom. The molecule has 2 aromatic carbocycles. The fraction of sp³-hybridized carbons (Fsp3) is 0.407. The molecule has 0 atom stereocenters. The average Bonchev–Trinajstić information content (AvgIpc) is 3.26. The molecule has 0 aliphatic heterocycles. The normalized spacial score (nSPS) is 16.4. The van der Waals surface area contributed by atoms with Gasteiger partial charge in [0, 0.05) is 12.0 Å². The number of benzene rings is 2. The molecular weight excluding hydrogens is 442 g/mol. The predicted molar refractivity (Wildman–Crippen MR) is 124 cm³/mol. The molecule has 1 saturated carbocycles. The van der Waals surface area contributed by atoms with Crippen LogP contribution in [-0.2, 0) is 11.2 Å². The van der Waals surface area contributed by atoms with Crippen molar-refractivity contribution in [2.24, 2.45) is 5.41 Å². The molecule has 0 bridgehead atoms. The van der Waals surface area contributed by atoms with Crippen LogP contribution in [0.5, 0.6) is 11.5 Å². The minimum absolute atomic E-state index is 0.00854. The van der Waals surface area contributed by atoms with Gasteiger partial charge in [0.1, 0.15) is 12.9 Å². The summed E-state index contributed by atoms with van der Waals surface area (Å²) >= 11 is 0. The molecule has 1 fully saturated rings. The zero-order valence-corrected chi connectivity index (χ0v) is 19.1. The molecule has 34 heavy (non-hydrogen) atoms. The topological polar surface area (TPSA) is 83.8 Å². The Bertz CT molecular complexity index is 1040. The van der Waals surface area contributed by atoms with Gasteiger partial charge in [0.2, 0.25) is 0 Å². The van der Waals surface area contributed by atoms with Gasteiger partial charge in [-0.2, -0.15) is 0 Å². The van der Waals surface area contributed by atoms with Gasteiger partial charge < -0.3 is 14.9 Å². The first-order chi connectivity index (χ1) is 16.3. The summed E-state index contributed by atoms with van der Waals surface area (Å²) in [4.78, 5) is 20.6. The maximum absolute atomic E-state index is 14.1. The summed E-state index contributed by atoms with van der Waals surface area (Å²) in [6, 6.07) is 8.19. The first kappa shape index (κ1) is 25.4. The number of allylic oxidation sites excluding steroid dienone is 1. The van der Waals surface area contributed by atoms with Crippen LogP contribution in [-0.4, -0.2) is 29.1 Å². The number of aryl methyl sites for hydroxylation is 1. The Morgan fingerprint density at radius 3 is 2.41 bits per heavy atom. The van der Waals surface area contributed by atoms with Crippen LogP contribution in [0.3, 0.4) is 0 Å². The van der Waals surface area contributed by atoms with Crippen molar-refractivity contribution in [2.75, 3.05) is 6.61 Å². The van der Waals surface area contributed by atoms with Crippen LogP contribution < -0.4 is 4.74 Å². The molecule has 0 aromatic heterocycles. The van der Waals surface area contributed by atoms with Gasteiger partial charge in [-0.15, -0.1) is 0 Å². The number of phenols is 1. The van der Waals surface area contributed by atoms with Crippen molar-refractivity contribution in [3.05, 3.63) is 70.8 Å². The molecule has 2 aliphatic rings. The number of hydrogen-bond donors (Lipinski definition) is 2. The second kappa shape index (κ2) is 11.8. The number of halogens is 2. The molecule has 2 N–H and O–H groups in total. The number of phenolic OH excluding ortho intramolecular Hbond substituents is 1. The van der Waals surface area contributed by atoms with Crippen molar-refractivity contribution in [1.29, 1.82) is 0 Å². The van der Waals surface area contributed by atoms with E-state index in [0.29, 0.717) is 30.3 Å². The van der Waals surface area contributed by atoms with E-state index in [1.54, 1.807) is 12.1 Å². The summed E-state index contributed by atoms with van der Waals surface area (Å²) in [7, 11) is 0. The van der Waals surface area contributed by atoms with Crippen LogP contribution >= 0.6 is 0 Å². The zero-order valence-electron chi connectivity index (χ0n) is 19.1. The molecule has 0 unspecified atom stereocenters. The number of carbonyl (C=O) groups is 2. The quantitative estimate of drug-likeness (QED) is 0.368. The van der Waals surface area contributed by atoms with E-state index in [1.807, 2.05) is 0 Å². The highest BCUT2D eigenvalue weighted by molar-refractivity contribution is 5.74. The lowest BCUT2D eigenvalue weighted by molar-refractivity contribution is -0.136. The fourth-order valence-electron chi connectivity index (χ4n) is 4.67. The van der Waals surface area contributed by atoms with E-state index in [1.165, 1.54) is 56.2 Å². The molecule has 0 heterocycles. The SMILES string of the molecule is O=C(O)CCc1ccc(OCC2=CC3(CCCC3)CCC2)c(F)c1.O=Cc1ccc(O)c(F)c1. The first-order valence-electron chi connectivity index (χ1n) is 11.6. The molecule has 0 radical (unpaired) electrons. The van der Waals surface area contributed by atoms with Crippen LogP contribution in [0.1, 0.15) is 67.3 Å². The van der Waals surface area contributed by atoms with Gasteiger partial charge in [-0.1, -0.05) is 25.0 Å². The third-order valence-electron chi connectivity index (χ3n) is 6.43. The van der Waals surface area contributed by atoms with Gasteiger partial charge in [0.05, 0.1) is 0 Å². The van der Waals surface area contributed by atoms with Gasteiger partial charge in [0.15, 0.2) is 23.1 Å². The highest BCUT2D eigenvalue weighted by Gasteiger charge is 2.33. The Hall–Kier alpha value is -3.22. The number of aromatic hydroxyl groups is 1. The predicted octanol–water partition coefficient (Wildman–Crippen LogP) is 6.24. The van der Waals surface area contributed by atoms with Crippen molar-refractivity contribution in [1.82, 2.24) is 0 Å². The molecule has 1 spiro atoms. The standard InChI is InChI=1S/C20H25FO3.C7H5FO2/c21-17-12-15(6-8-19(22)23)5-7-18(17)24-14-16-4-3-11-20(13-16)9-1-2-10-20;8-6-3-5(4-9)1-2-7(6)10/h5,7,12-13H,1-4,6,8-11,14H2,(H,22,23);1-4,10H. The van der Waals surface area contributed by atoms with E-state index in [4.69, 9.17) is 14.9 Å². The Morgan fingerprint density at radius 2 is 1.76 bits per heavy atom. The van der Waals surface area contributed by atoms with E-state index < -0.39 is 23.4 Å². The summed E-state index contributed by atoms with van der Waals surface area (Å²) in [6.45, 7) is 0.452. The molecule has 182 valence electrons. The van der Waals surface area contributed by atoms with Crippen LogP contribution in [0.4, 0.5) is 8.78 Å². The van der Waals surface area contributed by atoms with Crippen molar-refractivity contribution in [2.45, 2.75) is 57.8 Å². The van der Waals surface area contributed by atoms with Gasteiger partial charge in [-0.25, -0.2) is 8.78 Å². The summed E-state index contributed by atoms with van der Waals surface area (Å²) in [5.74, 6) is -2.25. The second-order valence-corrected chi connectivity index (χ2v) is 9.00. The van der Waals surface area contributed by atoms with Gasteiger partial charge >= 0.3 is 5.97 Å². The highest BCUT2D eigenvalue weighted by atomic mass is 19.1. The maximum Gasteiger partial charge on any atom is 0.303 e. The Kier molecular flexibility index (Phi) is 8.79. The van der Waals surface area contributed by atoms with E-state index in [2.05, 4.69) is 6.08 Å². The van der Waals surface area contributed by atoms with Crippen molar-refractivity contribution >= 4 is 12.3 Å². The molecule has 4 rings (SSSR count). The van der Waals surface area contributed by atoms with Gasteiger partial charge in [0.25, 0.3) is 0 Å². The molecule has 2 aliphatic carbocycles. The third-order valence-corrected chi connectivity index (χ3v) is 6.43. The van der Waals surface area contributed by atoms with E-state index >= 15 is 0 Å². The summed E-state index contributed by atoms with van der Waals surface area (Å²) in [5.41, 5.74) is 2.58. The lowest BCUT2D eigenvalue weighted by Crippen LogP contribution is -2.19. The Balaban J connectivity index is 0.000000271. The van der Waals surface area contributed by atoms with Crippen molar-refractivity contribution < 1.29 is 33.3 Å². The second-order valence-electron chi connectivity index (χ2n) is 9.00. The maximum atomic E-state index is 14.1. The van der Waals surface area contributed by atoms with Crippen molar-refractivity contribution in [3.8, 4) is 11.5 Å². The molecule has 7 heteroatoms. The van der Waals surface area contributed by atoms with Crippen molar-refractivity contribution in [3.63, 3.8) is 0 Å². The highest BCUT2D eigenvalue weighted by Crippen LogP contribution is 2.47. The number of aldehydes is 1. The van der Waals surface area contributed by atoms with Crippen LogP contribution in [0, 0.1) is 17.0 Å². The molecular formula is C27H30F2O5. The van der Waals surface area contributed by atoms with E-state index in [9.17, 15) is 18.4 Å². The average molecular weight is 473 g/mol. The third kappa shape index (κ3) is 7.14. The lowest BCUT2D eigenvalue weighted by atomic mass is 9.75. The minimum atomic E-state index is -0.874. The largest absolute Gasteiger partial charge is 0.505 e. The lowest BCUT2D eigenvalue weighted by Gasteiger charge is -2.31. The van der Waals surface area contributed by atoms with Crippen LogP contribution in [0.2, 0.25) is 0 Å². The number of carboxylic acids is 1. The minimum Gasteiger partial charge on any atom is -0.505 e. The van der Waals surface area contributed by atoms with Gasteiger partial charge in [-0.05, 0) is 85.4 Å². The number of carbonyl (C=O) groups excluding carboxylic acids is 1. The van der Waals surface area contributed by atoms with Crippen LogP contribution in [0.15, 0.2) is 48.0 Å². The molecule has 0 saturated heterocycles. The monoisotopic (exact) mass is 472 g/mol. The first-order valence-corrected chi connectivity index (χ1v) is 11.6. The number of ether oxygens (including phenoxy) is 1. The smallest absolute Gasteiger partial charge is 0.303 e. The van der Waals surface area contributed by atoms with E-state index in [-0.39, 0.29) is 17.7 Å².